The Labute approximate surface area is 130 Å². The molecule has 0 radical (unpaired) electrons. The minimum Gasteiger partial charge on any atom is -0.337 e. The average Bonchev–Trinajstić information content (AvgIpc) is 2.47. The van der Waals surface area contributed by atoms with Crippen LogP contribution in [-0.2, 0) is 19.6 Å². The van der Waals surface area contributed by atoms with Gasteiger partial charge in [0.05, 0.1) is 6.26 Å². The number of hydrogen-bond acceptors (Lipinski definition) is 5. The van der Waals surface area contributed by atoms with Gasteiger partial charge in [0.25, 0.3) is 5.91 Å². The monoisotopic (exact) mass is 330 g/mol. The van der Waals surface area contributed by atoms with Gasteiger partial charge in [0.1, 0.15) is 5.71 Å². The highest BCUT2D eigenvalue weighted by molar-refractivity contribution is 7.88. The Kier molecular flexibility index (Phi) is 5.17. The fourth-order valence-corrected chi connectivity index (χ4v) is 3.23. The zero-order valence-electron chi connectivity index (χ0n) is 12.9. The van der Waals surface area contributed by atoms with Gasteiger partial charge in [-0.1, -0.05) is 0 Å². The van der Waals surface area contributed by atoms with Gasteiger partial charge in [-0.05, 0) is 18.8 Å². The zero-order chi connectivity index (χ0) is 16.3. The molecule has 2 aliphatic heterocycles. The highest BCUT2D eigenvalue weighted by atomic mass is 32.2. The Morgan fingerprint density at radius 1 is 1.41 bits per heavy atom. The van der Waals surface area contributed by atoms with Crippen molar-refractivity contribution in [2.24, 2.45) is 11.0 Å². The highest BCUT2D eigenvalue weighted by Gasteiger charge is 2.29. The van der Waals surface area contributed by atoms with E-state index >= 15 is 0 Å². The molecule has 0 aromatic carbocycles. The number of piperidine rings is 1. The zero-order valence-corrected chi connectivity index (χ0v) is 13.7. The van der Waals surface area contributed by atoms with Crippen molar-refractivity contribution in [2.45, 2.75) is 25.7 Å². The third kappa shape index (κ3) is 4.51. The normalized spacial score (nSPS) is 23.5. The van der Waals surface area contributed by atoms with E-state index in [2.05, 4.69) is 9.82 Å². The summed E-state index contributed by atoms with van der Waals surface area (Å²) in [7, 11) is -1.67. The Balaban J connectivity index is 1.95. The SMILES string of the molecule is CN1N=C(C(=O)N2CCC[C@@H](CNS(C)(=O)=O)C2)CCC1=O. The third-order valence-corrected chi connectivity index (χ3v) is 4.59. The molecule has 0 saturated carbocycles. The van der Waals surface area contributed by atoms with Gasteiger partial charge in [0.15, 0.2) is 0 Å². The Bertz CT molecular complexity index is 587. The number of likely N-dealkylation sites (tertiary alicyclic amines) is 1. The van der Waals surface area contributed by atoms with Gasteiger partial charge >= 0.3 is 0 Å². The lowest BCUT2D eigenvalue weighted by Gasteiger charge is -2.33. The molecule has 1 fully saturated rings. The van der Waals surface area contributed by atoms with Gasteiger partial charge in [0, 0.05) is 39.5 Å². The topological polar surface area (TPSA) is 99.2 Å². The number of nitrogens with zero attached hydrogens (tertiary/aromatic N) is 3. The molecule has 2 amide bonds. The lowest BCUT2D eigenvalue weighted by Crippen LogP contribution is -2.47. The molecular weight excluding hydrogens is 308 g/mol. The molecule has 1 saturated heterocycles. The first-order valence-electron chi connectivity index (χ1n) is 7.34. The molecule has 2 aliphatic rings. The van der Waals surface area contributed by atoms with E-state index in [1.165, 1.54) is 5.01 Å². The number of amides is 2. The molecule has 0 unspecified atom stereocenters. The minimum absolute atomic E-state index is 0.0922. The summed E-state index contributed by atoms with van der Waals surface area (Å²) in [5.74, 6) is -0.134. The summed E-state index contributed by atoms with van der Waals surface area (Å²) in [4.78, 5) is 25.6. The summed E-state index contributed by atoms with van der Waals surface area (Å²) >= 11 is 0. The first-order valence-corrected chi connectivity index (χ1v) is 9.23. The minimum atomic E-state index is -3.22. The summed E-state index contributed by atoms with van der Waals surface area (Å²) in [6.07, 6.45) is 3.52. The van der Waals surface area contributed by atoms with Crippen molar-refractivity contribution in [3.63, 3.8) is 0 Å². The molecule has 0 aromatic rings. The third-order valence-electron chi connectivity index (χ3n) is 3.89. The van der Waals surface area contributed by atoms with E-state index in [1.54, 1.807) is 11.9 Å². The summed E-state index contributed by atoms with van der Waals surface area (Å²) < 4.78 is 24.8. The predicted octanol–water partition coefficient (Wildman–Crippen LogP) is -0.618. The van der Waals surface area contributed by atoms with Crippen molar-refractivity contribution in [1.82, 2.24) is 14.6 Å². The molecule has 0 bridgehead atoms. The lowest BCUT2D eigenvalue weighted by atomic mass is 9.97. The maximum Gasteiger partial charge on any atom is 0.270 e. The first kappa shape index (κ1) is 16.9. The van der Waals surface area contributed by atoms with Crippen LogP contribution in [0.25, 0.3) is 0 Å². The number of carbonyl (C=O) groups is 2. The van der Waals surface area contributed by atoms with Crippen molar-refractivity contribution in [2.75, 3.05) is 32.9 Å². The number of carbonyl (C=O) groups excluding carboxylic acids is 2. The van der Waals surface area contributed by atoms with Gasteiger partial charge in [-0.25, -0.2) is 18.1 Å². The fraction of sp³-hybridized carbons (Fsp3) is 0.769. The maximum absolute atomic E-state index is 12.5. The molecular formula is C13H22N4O4S. The number of nitrogens with one attached hydrogen (secondary N) is 1. The van der Waals surface area contributed by atoms with E-state index in [1.807, 2.05) is 0 Å². The van der Waals surface area contributed by atoms with Crippen LogP contribution in [0.15, 0.2) is 5.10 Å². The van der Waals surface area contributed by atoms with E-state index in [-0.39, 0.29) is 17.7 Å². The van der Waals surface area contributed by atoms with E-state index in [0.29, 0.717) is 38.2 Å². The summed E-state index contributed by atoms with van der Waals surface area (Å²) in [6, 6.07) is 0. The summed E-state index contributed by atoms with van der Waals surface area (Å²) in [5, 5.41) is 5.26. The number of rotatable bonds is 4. The second kappa shape index (κ2) is 6.74. The second-order valence-electron chi connectivity index (χ2n) is 5.84. The van der Waals surface area contributed by atoms with E-state index in [4.69, 9.17) is 0 Å². The first-order chi connectivity index (χ1) is 10.3. The number of sulfonamides is 1. The molecule has 1 N–H and O–H groups in total. The molecule has 2 heterocycles. The Morgan fingerprint density at radius 2 is 2.14 bits per heavy atom. The van der Waals surface area contributed by atoms with Crippen LogP contribution in [0.3, 0.4) is 0 Å². The average molecular weight is 330 g/mol. The van der Waals surface area contributed by atoms with Crippen LogP contribution in [0.4, 0.5) is 0 Å². The Hall–Kier alpha value is -1.48. The molecule has 0 aromatic heterocycles. The standard InChI is InChI=1S/C13H22N4O4S/c1-16-12(18)6-5-11(15-16)13(19)17-7-3-4-10(9-17)8-14-22(2,20)21/h10,14H,3-9H2,1-2H3/t10-/m0/s1. The van der Waals surface area contributed by atoms with Gasteiger partial charge < -0.3 is 4.90 Å². The Morgan fingerprint density at radius 3 is 2.77 bits per heavy atom. The predicted molar refractivity (Wildman–Crippen MR) is 81.6 cm³/mol. The van der Waals surface area contributed by atoms with Crippen LogP contribution < -0.4 is 4.72 Å². The van der Waals surface area contributed by atoms with E-state index in [0.717, 1.165) is 19.1 Å². The molecule has 22 heavy (non-hydrogen) atoms. The van der Waals surface area contributed by atoms with Gasteiger partial charge in [-0.15, -0.1) is 0 Å². The van der Waals surface area contributed by atoms with E-state index in [9.17, 15) is 18.0 Å². The number of hydrazone groups is 1. The van der Waals surface area contributed by atoms with Gasteiger partial charge in [-0.2, -0.15) is 5.10 Å². The lowest BCUT2D eigenvalue weighted by molar-refractivity contribution is -0.131. The summed E-state index contributed by atoms with van der Waals surface area (Å²) in [5.41, 5.74) is 0.402. The van der Waals surface area contributed by atoms with Crippen LogP contribution in [0.5, 0.6) is 0 Å². The maximum atomic E-state index is 12.5. The van der Waals surface area contributed by atoms with E-state index < -0.39 is 10.0 Å². The molecule has 1 atom stereocenters. The van der Waals surface area contributed by atoms with Gasteiger partial charge in [0.2, 0.25) is 15.9 Å². The smallest absolute Gasteiger partial charge is 0.270 e. The molecule has 0 spiro atoms. The van der Waals surface area contributed by atoms with Crippen molar-refractivity contribution in [3.8, 4) is 0 Å². The highest BCUT2D eigenvalue weighted by Crippen LogP contribution is 2.18. The molecule has 9 heteroatoms. The fourth-order valence-electron chi connectivity index (χ4n) is 2.69. The van der Waals surface area contributed by atoms with Crippen LogP contribution in [0.1, 0.15) is 25.7 Å². The largest absolute Gasteiger partial charge is 0.337 e. The molecule has 2 rings (SSSR count). The molecule has 124 valence electrons. The van der Waals surface area contributed by atoms with Crippen LogP contribution in [0, 0.1) is 5.92 Å². The van der Waals surface area contributed by atoms with Crippen molar-refractivity contribution in [3.05, 3.63) is 0 Å². The summed E-state index contributed by atoms with van der Waals surface area (Å²) in [6.45, 7) is 1.50. The molecule has 8 nitrogen and oxygen atoms in total. The van der Waals surface area contributed by atoms with Crippen molar-refractivity contribution >= 4 is 27.5 Å². The van der Waals surface area contributed by atoms with Crippen LogP contribution in [-0.4, -0.2) is 68.8 Å². The van der Waals surface area contributed by atoms with Crippen molar-refractivity contribution < 1.29 is 18.0 Å². The molecule has 0 aliphatic carbocycles. The van der Waals surface area contributed by atoms with Crippen LogP contribution >= 0.6 is 0 Å². The second-order valence-corrected chi connectivity index (χ2v) is 7.68. The number of hydrogen-bond donors (Lipinski definition) is 1. The van der Waals surface area contributed by atoms with Gasteiger partial charge in [-0.3, -0.25) is 9.59 Å². The van der Waals surface area contributed by atoms with Crippen LogP contribution in [0.2, 0.25) is 0 Å². The quantitative estimate of drug-likeness (QED) is 0.743. The van der Waals surface area contributed by atoms with Crippen molar-refractivity contribution in [1.29, 1.82) is 0 Å².